The van der Waals surface area contributed by atoms with Crippen molar-refractivity contribution in [1.82, 2.24) is 0 Å². The van der Waals surface area contributed by atoms with Crippen LogP contribution in [0.1, 0.15) is 20.8 Å². The molecule has 0 aliphatic heterocycles. The number of alkyl halides is 2. The van der Waals surface area contributed by atoms with Gasteiger partial charge in [0, 0.05) is 11.3 Å². The Balaban J connectivity index is 2.74. The van der Waals surface area contributed by atoms with Crippen molar-refractivity contribution in [2.75, 3.05) is 5.75 Å². The molecule has 1 aliphatic carbocycles. The molecule has 0 aromatic rings. The summed E-state index contributed by atoms with van der Waals surface area (Å²) >= 11 is 6.11. The molecule has 1 aliphatic rings. The molecule has 1 rings (SSSR count). The minimum atomic E-state index is -3.07. The highest BCUT2D eigenvalue weighted by Gasteiger charge is 2.59. The van der Waals surface area contributed by atoms with Crippen molar-refractivity contribution in [1.29, 1.82) is 0 Å². The first-order valence-electron chi connectivity index (χ1n) is 5.26. The minimum Gasteiger partial charge on any atom is -0.463 e. The maximum absolute atomic E-state index is 13.4. The lowest BCUT2D eigenvalue weighted by molar-refractivity contribution is -0.130. The SMILES string of the molecule is CCSC(F)(F)C(Cl)=CC1C(OC=O)C1(C)C. The molecular weight excluding hydrogens is 270 g/mol. The number of ether oxygens (including phenoxy) is 1. The molecule has 2 atom stereocenters. The zero-order chi connectivity index (χ0) is 13.3. The van der Waals surface area contributed by atoms with Gasteiger partial charge in [-0.1, -0.05) is 50.2 Å². The first kappa shape index (κ1) is 14.8. The predicted octanol–water partition coefficient (Wildman–Crippen LogP) is 3.65. The van der Waals surface area contributed by atoms with Crippen LogP contribution in [-0.2, 0) is 9.53 Å². The Morgan fingerprint density at radius 3 is 2.65 bits per heavy atom. The van der Waals surface area contributed by atoms with Gasteiger partial charge in [-0.2, -0.15) is 8.78 Å². The van der Waals surface area contributed by atoms with Crippen molar-refractivity contribution in [3.63, 3.8) is 0 Å². The smallest absolute Gasteiger partial charge is 0.329 e. The fraction of sp³-hybridized carbons (Fsp3) is 0.727. The van der Waals surface area contributed by atoms with Gasteiger partial charge in [0.25, 0.3) is 6.47 Å². The molecule has 0 radical (unpaired) electrons. The number of halogens is 3. The monoisotopic (exact) mass is 284 g/mol. The van der Waals surface area contributed by atoms with E-state index < -0.39 is 10.3 Å². The summed E-state index contributed by atoms with van der Waals surface area (Å²) in [7, 11) is 0. The van der Waals surface area contributed by atoms with Crippen LogP contribution in [-0.4, -0.2) is 23.6 Å². The van der Waals surface area contributed by atoms with Crippen LogP contribution in [0.25, 0.3) is 0 Å². The van der Waals surface area contributed by atoms with Crippen molar-refractivity contribution < 1.29 is 18.3 Å². The standard InChI is InChI=1S/C11H15ClF2O2S/c1-4-17-11(13,14)8(12)5-7-9(16-6-15)10(7,2)3/h5-7,9H,4H2,1-3H3. The van der Waals surface area contributed by atoms with Gasteiger partial charge in [0.2, 0.25) is 0 Å². The molecule has 17 heavy (non-hydrogen) atoms. The Bertz CT molecular complexity index is 331. The second-order valence-corrected chi connectivity index (χ2v) is 6.25. The largest absolute Gasteiger partial charge is 0.463 e. The van der Waals surface area contributed by atoms with E-state index in [1.807, 2.05) is 13.8 Å². The van der Waals surface area contributed by atoms with E-state index in [0.717, 1.165) is 0 Å². The average molecular weight is 285 g/mol. The van der Waals surface area contributed by atoms with Gasteiger partial charge in [-0.3, -0.25) is 4.79 Å². The Hall–Kier alpha value is -0.290. The Labute approximate surface area is 109 Å². The number of hydrogen-bond donors (Lipinski definition) is 0. The van der Waals surface area contributed by atoms with Crippen molar-refractivity contribution in [3.8, 4) is 0 Å². The van der Waals surface area contributed by atoms with E-state index in [0.29, 0.717) is 18.2 Å². The summed E-state index contributed by atoms with van der Waals surface area (Å²) in [5, 5.41) is -3.56. The van der Waals surface area contributed by atoms with Crippen LogP contribution in [0, 0.1) is 11.3 Å². The molecule has 2 nitrogen and oxygen atoms in total. The van der Waals surface area contributed by atoms with Gasteiger partial charge in [0.1, 0.15) is 6.10 Å². The Kier molecular flexibility index (Phi) is 4.47. The minimum absolute atomic E-state index is 0.247. The molecule has 1 saturated carbocycles. The van der Waals surface area contributed by atoms with Crippen molar-refractivity contribution in [2.24, 2.45) is 11.3 Å². The highest BCUT2D eigenvalue weighted by Crippen LogP contribution is 2.56. The number of thioether (sulfide) groups is 1. The van der Waals surface area contributed by atoms with Crippen LogP contribution < -0.4 is 0 Å². The lowest BCUT2D eigenvalue weighted by atomic mass is 10.1. The summed E-state index contributed by atoms with van der Waals surface area (Å²) in [5.74, 6) is 0.0304. The summed E-state index contributed by atoms with van der Waals surface area (Å²) in [6.45, 7) is 5.67. The van der Waals surface area contributed by atoms with E-state index in [2.05, 4.69) is 0 Å². The van der Waals surface area contributed by atoms with Crippen LogP contribution in [0.2, 0.25) is 0 Å². The van der Waals surface area contributed by atoms with Crippen LogP contribution in [0.15, 0.2) is 11.1 Å². The van der Waals surface area contributed by atoms with E-state index in [4.69, 9.17) is 16.3 Å². The Morgan fingerprint density at radius 2 is 2.18 bits per heavy atom. The molecule has 0 amide bonds. The lowest BCUT2D eigenvalue weighted by Gasteiger charge is -2.13. The van der Waals surface area contributed by atoms with Gasteiger partial charge < -0.3 is 4.74 Å². The number of carbonyl (C=O) groups is 1. The second-order valence-electron chi connectivity index (χ2n) is 4.46. The molecule has 0 aromatic heterocycles. The molecule has 98 valence electrons. The molecule has 2 unspecified atom stereocenters. The van der Waals surface area contributed by atoms with Gasteiger partial charge in [-0.25, -0.2) is 0 Å². The molecule has 0 aromatic carbocycles. The van der Waals surface area contributed by atoms with E-state index in [9.17, 15) is 13.6 Å². The van der Waals surface area contributed by atoms with Gasteiger partial charge in [0.05, 0.1) is 5.03 Å². The maximum Gasteiger partial charge on any atom is 0.329 e. The highest BCUT2D eigenvalue weighted by atomic mass is 35.5. The summed E-state index contributed by atoms with van der Waals surface area (Å²) in [5.41, 5.74) is -0.325. The topological polar surface area (TPSA) is 26.3 Å². The molecule has 6 heteroatoms. The summed E-state index contributed by atoms with van der Waals surface area (Å²) < 4.78 is 31.7. The van der Waals surface area contributed by atoms with E-state index in [-0.39, 0.29) is 23.2 Å². The molecule has 0 heterocycles. The van der Waals surface area contributed by atoms with Crippen molar-refractivity contribution >= 4 is 29.8 Å². The Morgan fingerprint density at radius 1 is 1.59 bits per heavy atom. The average Bonchev–Trinajstić information content (AvgIpc) is 2.70. The normalized spacial score (nSPS) is 27.8. The first-order chi connectivity index (χ1) is 7.77. The summed E-state index contributed by atoms with van der Waals surface area (Å²) in [4.78, 5) is 10.2. The number of hydrogen-bond acceptors (Lipinski definition) is 3. The third-order valence-electron chi connectivity index (χ3n) is 2.94. The van der Waals surface area contributed by atoms with Gasteiger partial charge in [-0.15, -0.1) is 0 Å². The van der Waals surface area contributed by atoms with Crippen LogP contribution >= 0.6 is 23.4 Å². The zero-order valence-electron chi connectivity index (χ0n) is 9.88. The molecule has 0 spiro atoms. The fourth-order valence-corrected chi connectivity index (χ4v) is 2.62. The van der Waals surface area contributed by atoms with Crippen molar-refractivity contribution in [3.05, 3.63) is 11.1 Å². The molecule has 0 N–H and O–H groups in total. The number of carbonyl (C=O) groups excluding carboxylic acids is 1. The van der Waals surface area contributed by atoms with Crippen LogP contribution in [0.5, 0.6) is 0 Å². The fourth-order valence-electron chi connectivity index (χ4n) is 1.76. The van der Waals surface area contributed by atoms with Gasteiger partial charge in [-0.05, 0) is 5.75 Å². The quantitative estimate of drug-likeness (QED) is 0.697. The first-order valence-corrected chi connectivity index (χ1v) is 6.62. The predicted molar refractivity (Wildman–Crippen MR) is 65.2 cm³/mol. The summed E-state index contributed by atoms with van der Waals surface area (Å²) in [6.07, 6.45) is 0.939. The maximum atomic E-state index is 13.4. The zero-order valence-corrected chi connectivity index (χ0v) is 11.4. The van der Waals surface area contributed by atoms with Gasteiger partial charge in [0.15, 0.2) is 0 Å². The van der Waals surface area contributed by atoms with Crippen LogP contribution in [0.4, 0.5) is 8.78 Å². The summed E-state index contributed by atoms with van der Waals surface area (Å²) in [6, 6.07) is 0. The van der Waals surface area contributed by atoms with Gasteiger partial charge >= 0.3 is 5.25 Å². The highest BCUT2D eigenvalue weighted by molar-refractivity contribution is 8.00. The third kappa shape index (κ3) is 3.13. The van der Waals surface area contributed by atoms with E-state index in [1.165, 1.54) is 6.08 Å². The number of rotatable bonds is 6. The molecule has 0 bridgehead atoms. The lowest BCUT2D eigenvalue weighted by Crippen LogP contribution is -2.11. The third-order valence-corrected chi connectivity index (χ3v) is 4.29. The van der Waals surface area contributed by atoms with Crippen LogP contribution in [0.3, 0.4) is 0 Å². The van der Waals surface area contributed by atoms with Crippen molar-refractivity contribution in [2.45, 2.75) is 32.1 Å². The molecule has 0 saturated heterocycles. The van der Waals surface area contributed by atoms with E-state index in [1.54, 1.807) is 6.92 Å². The molecule has 1 fully saturated rings. The molecular formula is C11H15ClF2O2S. The second kappa shape index (κ2) is 5.14. The van der Waals surface area contributed by atoms with E-state index >= 15 is 0 Å².